The van der Waals surface area contributed by atoms with Gasteiger partial charge in [0.1, 0.15) is 6.17 Å². The third-order valence-electron chi connectivity index (χ3n) is 6.36. The van der Waals surface area contributed by atoms with Gasteiger partial charge >= 0.3 is 0 Å². The van der Waals surface area contributed by atoms with Crippen molar-refractivity contribution in [2.24, 2.45) is 5.92 Å². The summed E-state index contributed by atoms with van der Waals surface area (Å²) >= 11 is 12.1. The van der Waals surface area contributed by atoms with Gasteiger partial charge < -0.3 is 15.5 Å². The van der Waals surface area contributed by atoms with Gasteiger partial charge in [0.25, 0.3) is 11.8 Å². The summed E-state index contributed by atoms with van der Waals surface area (Å²) in [7, 11) is 0. The van der Waals surface area contributed by atoms with Crippen LogP contribution in [0.4, 0.5) is 5.69 Å². The van der Waals surface area contributed by atoms with Gasteiger partial charge in [-0.05, 0) is 73.2 Å². The van der Waals surface area contributed by atoms with Crippen LogP contribution in [0.25, 0.3) is 0 Å². The van der Waals surface area contributed by atoms with E-state index in [1.165, 1.54) is 12.8 Å². The number of anilines is 1. The third kappa shape index (κ3) is 4.91. The fourth-order valence-electron chi connectivity index (χ4n) is 4.31. The quantitative estimate of drug-likeness (QED) is 0.407. The molecule has 1 aliphatic heterocycles. The number of nitrogens with one attached hydrogen (secondary N) is 2. The van der Waals surface area contributed by atoms with Crippen LogP contribution in [-0.2, 0) is 6.42 Å². The topological polar surface area (TPSA) is 61.4 Å². The number of carbonyl (C=O) groups is 2. The van der Waals surface area contributed by atoms with Crippen molar-refractivity contribution in [1.82, 2.24) is 10.2 Å². The van der Waals surface area contributed by atoms with Crippen LogP contribution in [0.1, 0.15) is 50.9 Å². The summed E-state index contributed by atoms with van der Waals surface area (Å²) in [5, 5.41) is 7.62. The highest BCUT2D eigenvalue weighted by atomic mass is 35.5. The van der Waals surface area contributed by atoms with E-state index in [4.69, 9.17) is 23.2 Å². The molecule has 3 aromatic rings. The maximum atomic E-state index is 13.0. The van der Waals surface area contributed by atoms with E-state index in [1.807, 2.05) is 47.4 Å². The highest BCUT2D eigenvalue weighted by molar-refractivity contribution is 6.35. The molecule has 2 aliphatic rings. The Morgan fingerprint density at radius 2 is 1.76 bits per heavy atom. The van der Waals surface area contributed by atoms with Gasteiger partial charge in [-0.15, -0.1) is 0 Å². The van der Waals surface area contributed by atoms with Crippen LogP contribution in [0.5, 0.6) is 0 Å². The zero-order valence-electron chi connectivity index (χ0n) is 18.6. The molecule has 174 valence electrons. The summed E-state index contributed by atoms with van der Waals surface area (Å²) in [6.45, 7) is 1.24. The number of nitrogens with zero attached hydrogens (tertiary/aromatic N) is 1. The summed E-state index contributed by atoms with van der Waals surface area (Å²) in [5.41, 5.74) is 4.13. The average molecular weight is 494 g/mol. The summed E-state index contributed by atoms with van der Waals surface area (Å²) in [5.74, 6) is 0.529. The molecule has 0 bridgehead atoms. The summed E-state index contributed by atoms with van der Waals surface area (Å²) in [6, 6.07) is 20.5. The monoisotopic (exact) mass is 493 g/mol. The van der Waals surface area contributed by atoms with Gasteiger partial charge in [-0.1, -0.05) is 47.5 Å². The van der Waals surface area contributed by atoms with Crippen LogP contribution in [0.2, 0.25) is 10.0 Å². The second-order valence-corrected chi connectivity index (χ2v) is 9.70. The fourth-order valence-corrected chi connectivity index (χ4v) is 4.81. The number of rotatable bonds is 8. The first-order valence-corrected chi connectivity index (χ1v) is 12.2. The van der Waals surface area contributed by atoms with Crippen LogP contribution in [0.3, 0.4) is 0 Å². The van der Waals surface area contributed by atoms with Crippen LogP contribution < -0.4 is 10.6 Å². The lowest BCUT2D eigenvalue weighted by Gasteiger charge is -2.27. The van der Waals surface area contributed by atoms with Crippen molar-refractivity contribution in [1.29, 1.82) is 0 Å². The number of hydrogen-bond acceptors (Lipinski definition) is 3. The molecule has 7 heteroatoms. The minimum absolute atomic E-state index is 0.0804. The molecule has 2 amide bonds. The van der Waals surface area contributed by atoms with Gasteiger partial charge in [-0.25, -0.2) is 0 Å². The van der Waals surface area contributed by atoms with Gasteiger partial charge in [0.15, 0.2) is 0 Å². The molecule has 1 unspecified atom stereocenters. The van der Waals surface area contributed by atoms with Crippen LogP contribution in [-0.4, -0.2) is 29.8 Å². The average Bonchev–Trinajstić information content (AvgIpc) is 3.63. The van der Waals surface area contributed by atoms with Crippen molar-refractivity contribution in [2.75, 3.05) is 18.4 Å². The minimum atomic E-state index is -0.201. The molecule has 0 radical (unpaired) electrons. The normalized spacial score (nSPS) is 16.9. The van der Waals surface area contributed by atoms with Crippen molar-refractivity contribution in [3.8, 4) is 0 Å². The predicted molar refractivity (Wildman–Crippen MR) is 136 cm³/mol. The maximum Gasteiger partial charge on any atom is 0.256 e. The van der Waals surface area contributed by atoms with Crippen molar-refractivity contribution >= 4 is 40.7 Å². The van der Waals surface area contributed by atoms with Gasteiger partial charge in [0.2, 0.25) is 0 Å². The van der Waals surface area contributed by atoms with Crippen LogP contribution >= 0.6 is 23.2 Å². The van der Waals surface area contributed by atoms with Crippen molar-refractivity contribution in [2.45, 2.75) is 25.4 Å². The maximum absolute atomic E-state index is 13.0. The molecule has 1 fully saturated rings. The Hall–Kier alpha value is -3.02. The second-order valence-electron chi connectivity index (χ2n) is 8.85. The van der Waals surface area contributed by atoms with E-state index in [9.17, 15) is 9.59 Å². The van der Waals surface area contributed by atoms with Gasteiger partial charge in [-0.3, -0.25) is 9.59 Å². The molecule has 1 heterocycles. The molecule has 3 aromatic carbocycles. The number of fused-ring (bicyclic) bond motifs is 1. The molecule has 2 N–H and O–H groups in total. The molecule has 1 atom stereocenters. The molecule has 34 heavy (non-hydrogen) atoms. The van der Waals surface area contributed by atoms with Crippen LogP contribution in [0.15, 0.2) is 66.7 Å². The van der Waals surface area contributed by atoms with E-state index in [1.54, 1.807) is 24.3 Å². The highest BCUT2D eigenvalue weighted by Crippen LogP contribution is 2.39. The third-order valence-corrected chi connectivity index (χ3v) is 6.94. The number of hydrogen-bond donors (Lipinski definition) is 2. The van der Waals surface area contributed by atoms with Gasteiger partial charge in [-0.2, -0.15) is 0 Å². The van der Waals surface area contributed by atoms with Crippen molar-refractivity contribution < 1.29 is 9.59 Å². The highest BCUT2D eigenvalue weighted by Gasteiger charge is 2.39. The van der Waals surface area contributed by atoms with Gasteiger partial charge in [0, 0.05) is 45.5 Å². The first kappa shape index (κ1) is 22.8. The van der Waals surface area contributed by atoms with Crippen molar-refractivity contribution in [3.05, 3.63) is 99.0 Å². The SMILES string of the molecule is O=C(NCCc1ccc(Cl)cc1Cl)c1ccc(NC2c3ccccc3C(=O)N2CC2CC2)cc1. The predicted octanol–water partition coefficient (Wildman–Crippen LogP) is 5.94. The molecule has 5 rings (SSSR count). The zero-order chi connectivity index (χ0) is 23.7. The Morgan fingerprint density at radius 1 is 1.00 bits per heavy atom. The van der Waals surface area contributed by atoms with Crippen LogP contribution in [0, 0.1) is 5.92 Å². The van der Waals surface area contributed by atoms with E-state index in [2.05, 4.69) is 10.6 Å². The Morgan fingerprint density at radius 3 is 2.50 bits per heavy atom. The van der Waals surface area contributed by atoms with Gasteiger partial charge in [0.05, 0.1) is 0 Å². The molecule has 0 saturated heterocycles. The molecule has 0 spiro atoms. The second kappa shape index (κ2) is 9.69. The van der Waals surface area contributed by atoms with E-state index >= 15 is 0 Å². The van der Waals surface area contributed by atoms with Crippen molar-refractivity contribution in [3.63, 3.8) is 0 Å². The zero-order valence-corrected chi connectivity index (χ0v) is 20.1. The molecule has 1 aliphatic carbocycles. The molecule has 5 nitrogen and oxygen atoms in total. The Kier molecular flexibility index (Phi) is 6.48. The van der Waals surface area contributed by atoms with E-state index in [0.29, 0.717) is 34.5 Å². The summed E-state index contributed by atoms with van der Waals surface area (Å²) in [4.78, 5) is 27.5. The van der Waals surface area contributed by atoms with E-state index in [-0.39, 0.29) is 18.0 Å². The largest absolute Gasteiger partial charge is 0.361 e. The molecular weight excluding hydrogens is 469 g/mol. The lowest BCUT2D eigenvalue weighted by Crippen LogP contribution is -2.34. The lowest BCUT2D eigenvalue weighted by atomic mass is 10.1. The minimum Gasteiger partial charge on any atom is -0.361 e. The number of benzene rings is 3. The Bertz CT molecular complexity index is 1220. The smallest absolute Gasteiger partial charge is 0.256 e. The Labute approximate surface area is 209 Å². The summed E-state index contributed by atoms with van der Waals surface area (Å²) < 4.78 is 0. The fraction of sp³-hybridized carbons (Fsp3) is 0.259. The number of carbonyl (C=O) groups excluding carboxylic acids is 2. The first-order chi connectivity index (χ1) is 16.5. The molecule has 0 aromatic heterocycles. The molecular formula is C27H25Cl2N3O2. The number of amides is 2. The summed E-state index contributed by atoms with van der Waals surface area (Å²) in [6.07, 6.45) is 2.78. The van der Waals surface area contributed by atoms with E-state index in [0.717, 1.165) is 28.9 Å². The first-order valence-electron chi connectivity index (χ1n) is 11.5. The molecule has 1 saturated carbocycles. The standard InChI is InChI=1S/C27H25Cl2N3O2/c28-20-10-7-18(24(29)15-20)13-14-30-26(33)19-8-11-21(12-9-19)31-25-22-3-1-2-4-23(22)27(34)32(25)16-17-5-6-17/h1-4,7-12,15,17,25,31H,5-6,13-14,16H2,(H,30,33). The Balaban J connectivity index is 1.22. The number of halogens is 2. The lowest BCUT2D eigenvalue weighted by molar-refractivity contribution is 0.0734. The van der Waals surface area contributed by atoms with E-state index < -0.39 is 0 Å².